The first kappa shape index (κ1) is 15.8. The predicted molar refractivity (Wildman–Crippen MR) is 80.4 cm³/mol. The third-order valence-electron chi connectivity index (χ3n) is 2.70. The van der Waals surface area contributed by atoms with Crippen LogP contribution >= 0.6 is 22.6 Å². The van der Waals surface area contributed by atoms with Crippen LogP contribution in [-0.4, -0.2) is 12.4 Å². The summed E-state index contributed by atoms with van der Waals surface area (Å²) in [6.45, 7) is -0.304. The van der Waals surface area contributed by atoms with Gasteiger partial charge in [-0.3, -0.25) is 4.79 Å². The van der Waals surface area contributed by atoms with Crippen LogP contribution in [0, 0.1) is 3.57 Å². The number of hydrogen-bond acceptors (Lipinski definition) is 2. The van der Waals surface area contributed by atoms with Crippen molar-refractivity contribution in [3.05, 3.63) is 63.2 Å². The maximum absolute atomic E-state index is 12.5. The molecule has 0 aliphatic heterocycles. The molecule has 0 unspecified atom stereocenters. The smallest absolute Gasteiger partial charge is 0.416 e. The quantitative estimate of drug-likeness (QED) is 0.550. The number of ketones is 1. The van der Waals surface area contributed by atoms with Crippen molar-refractivity contribution in [2.24, 2.45) is 0 Å². The molecule has 6 heteroatoms. The van der Waals surface area contributed by atoms with E-state index in [1.165, 1.54) is 12.1 Å². The molecule has 21 heavy (non-hydrogen) atoms. The van der Waals surface area contributed by atoms with Gasteiger partial charge in [0.25, 0.3) is 0 Å². The number of carbonyl (C=O) groups is 1. The Hall–Kier alpha value is -1.57. The van der Waals surface area contributed by atoms with E-state index in [-0.39, 0.29) is 18.1 Å². The summed E-state index contributed by atoms with van der Waals surface area (Å²) in [6, 6.07) is 11.3. The molecule has 2 rings (SSSR count). The fourth-order valence-corrected chi connectivity index (χ4v) is 1.99. The van der Waals surface area contributed by atoms with Gasteiger partial charge in [-0.1, -0.05) is 18.2 Å². The van der Waals surface area contributed by atoms with Crippen molar-refractivity contribution in [3.63, 3.8) is 0 Å². The van der Waals surface area contributed by atoms with Gasteiger partial charge in [0, 0.05) is 9.13 Å². The van der Waals surface area contributed by atoms with Gasteiger partial charge in [-0.25, -0.2) is 0 Å². The fourth-order valence-electron chi connectivity index (χ4n) is 1.63. The van der Waals surface area contributed by atoms with Crippen molar-refractivity contribution in [2.75, 3.05) is 6.61 Å². The van der Waals surface area contributed by atoms with Gasteiger partial charge < -0.3 is 4.74 Å². The molecule has 2 aromatic carbocycles. The van der Waals surface area contributed by atoms with Gasteiger partial charge in [-0.2, -0.15) is 13.2 Å². The first-order chi connectivity index (χ1) is 9.86. The molecule has 0 atom stereocenters. The van der Waals surface area contributed by atoms with Gasteiger partial charge in [0.05, 0.1) is 5.56 Å². The Balaban J connectivity index is 2.03. The lowest BCUT2D eigenvalue weighted by atomic mass is 10.1. The SMILES string of the molecule is O=C(COc1cccc(C(F)(F)F)c1)c1ccc(I)cc1. The molecule has 0 aliphatic rings. The third-order valence-corrected chi connectivity index (χ3v) is 3.42. The molecule has 0 bridgehead atoms. The van der Waals surface area contributed by atoms with E-state index in [0.717, 1.165) is 15.7 Å². The van der Waals surface area contributed by atoms with Gasteiger partial charge in [0.15, 0.2) is 12.4 Å². The highest BCUT2D eigenvalue weighted by Gasteiger charge is 2.30. The molecule has 0 heterocycles. The van der Waals surface area contributed by atoms with E-state index < -0.39 is 11.7 Å². The number of halogens is 4. The molecule has 0 spiro atoms. The summed E-state index contributed by atoms with van der Waals surface area (Å²) in [6.07, 6.45) is -4.43. The molecule has 110 valence electrons. The summed E-state index contributed by atoms with van der Waals surface area (Å²) in [5, 5.41) is 0. The summed E-state index contributed by atoms with van der Waals surface area (Å²) in [5.41, 5.74) is -0.343. The van der Waals surface area contributed by atoms with Crippen molar-refractivity contribution >= 4 is 28.4 Å². The lowest BCUT2D eigenvalue weighted by molar-refractivity contribution is -0.137. The summed E-state index contributed by atoms with van der Waals surface area (Å²) in [5.74, 6) is -0.271. The Morgan fingerprint density at radius 1 is 1.10 bits per heavy atom. The third kappa shape index (κ3) is 4.45. The van der Waals surface area contributed by atoms with E-state index in [1.807, 2.05) is 0 Å². The van der Waals surface area contributed by atoms with Gasteiger partial charge in [0.2, 0.25) is 0 Å². The van der Waals surface area contributed by atoms with E-state index in [2.05, 4.69) is 22.6 Å². The summed E-state index contributed by atoms with van der Waals surface area (Å²) in [4.78, 5) is 11.9. The lowest BCUT2D eigenvalue weighted by Crippen LogP contribution is -2.12. The average molecular weight is 406 g/mol. The van der Waals surface area contributed by atoms with Crippen LogP contribution in [-0.2, 0) is 6.18 Å². The molecule has 2 aromatic rings. The number of alkyl halides is 3. The number of benzene rings is 2. The Bertz CT molecular complexity index is 636. The largest absolute Gasteiger partial charge is 0.485 e. The average Bonchev–Trinajstić information content (AvgIpc) is 2.45. The van der Waals surface area contributed by atoms with Gasteiger partial charge in [0.1, 0.15) is 5.75 Å². The second-order valence-electron chi connectivity index (χ2n) is 4.24. The summed E-state index contributed by atoms with van der Waals surface area (Å²) >= 11 is 2.11. The van der Waals surface area contributed by atoms with Crippen LogP contribution < -0.4 is 4.74 Å². The molecule has 0 saturated carbocycles. The molecular weight excluding hydrogens is 396 g/mol. The van der Waals surface area contributed by atoms with E-state index in [4.69, 9.17) is 4.74 Å². The number of carbonyl (C=O) groups excluding carboxylic acids is 1. The topological polar surface area (TPSA) is 26.3 Å². The summed E-state index contributed by atoms with van der Waals surface area (Å²) in [7, 11) is 0. The second-order valence-corrected chi connectivity index (χ2v) is 5.49. The van der Waals surface area contributed by atoms with Gasteiger partial charge in [-0.05, 0) is 52.9 Å². The summed E-state index contributed by atoms with van der Waals surface area (Å²) < 4.78 is 43.8. The molecule has 2 nitrogen and oxygen atoms in total. The van der Waals surface area contributed by atoms with E-state index in [9.17, 15) is 18.0 Å². The first-order valence-electron chi connectivity index (χ1n) is 5.95. The van der Waals surface area contributed by atoms with Crippen molar-refractivity contribution < 1.29 is 22.7 Å². The highest BCUT2D eigenvalue weighted by Crippen LogP contribution is 2.31. The zero-order chi connectivity index (χ0) is 15.5. The number of hydrogen-bond donors (Lipinski definition) is 0. The van der Waals surface area contributed by atoms with Crippen LogP contribution in [0.2, 0.25) is 0 Å². The van der Waals surface area contributed by atoms with Crippen LogP contribution in [0.25, 0.3) is 0 Å². The minimum absolute atomic E-state index is 0.0173. The highest BCUT2D eigenvalue weighted by molar-refractivity contribution is 14.1. The van der Waals surface area contributed by atoms with E-state index in [1.54, 1.807) is 24.3 Å². The molecule has 0 fully saturated rings. The first-order valence-corrected chi connectivity index (χ1v) is 7.03. The Morgan fingerprint density at radius 2 is 1.76 bits per heavy atom. The van der Waals surface area contributed by atoms with Gasteiger partial charge in [-0.15, -0.1) is 0 Å². The second kappa shape index (κ2) is 6.46. The monoisotopic (exact) mass is 406 g/mol. The fraction of sp³-hybridized carbons (Fsp3) is 0.133. The molecule has 0 aliphatic carbocycles. The Kier molecular flexibility index (Phi) is 4.87. The maximum Gasteiger partial charge on any atom is 0.416 e. The molecular formula is C15H10F3IO2. The van der Waals surface area contributed by atoms with Crippen LogP contribution in [0.15, 0.2) is 48.5 Å². The standard InChI is InChI=1S/C15H10F3IO2/c16-15(17,18)11-2-1-3-13(8-11)21-9-14(20)10-4-6-12(19)7-5-10/h1-8H,9H2. The Labute approximate surface area is 133 Å². The van der Waals surface area contributed by atoms with Crippen molar-refractivity contribution in [1.29, 1.82) is 0 Å². The number of Topliss-reactive ketones (excluding diaryl/α,β-unsaturated/α-hetero) is 1. The zero-order valence-electron chi connectivity index (χ0n) is 10.7. The van der Waals surface area contributed by atoms with Crippen molar-refractivity contribution in [3.8, 4) is 5.75 Å². The predicted octanol–water partition coefficient (Wildman–Crippen LogP) is 4.57. The minimum Gasteiger partial charge on any atom is -0.485 e. The maximum atomic E-state index is 12.5. The zero-order valence-corrected chi connectivity index (χ0v) is 12.8. The lowest BCUT2D eigenvalue weighted by Gasteiger charge is -2.10. The van der Waals surface area contributed by atoms with Crippen LogP contribution in [0.4, 0.5) is 13.2 Å². The molecule has 0 saturated heterocycles. The highest BCUT2D eigenvalue weighted by atomic mass is 127. The van der Waals surface area contributed by atoms with Crippen LogP contribution in [0.3, 0.4) is 0 Å². The van der Waals surface area contributed by atoms with Crippen molar-refractivity contribution in [2.45, 2.75) is 6.18 Å². The normalized spacial score (nSPS) is 11.2. The molecule has 0 aromatic heterocycles. The van der Waals surface area contributed by atoms with E-state index >= 15 is 0 Å². The Morgan fingerprint density at radius 3 is 2.38 bits per heavy atom. The molecule has 0 radical (unpaired) electrons. The molecule has 0 N–H and O–H groups in total. The van der Waals surface area contributed by atoms with Crippen LogP contribution in [0.1, 0.15) is 15.9 Å². The van der Waals surface area contributed by atoms with Gasteiger partial charge >= 0.3 is 6.18 Å². The minimum atomic E-state index is -4.43. The number of ether oxygens (including phenoxy) is 1. The number of rotatable bonds is 4. The molecule has 0 amide bonds. The van der Waals surface area contributed by atoms with Crippen molar-refractivity contribution in [1.82, 2.24) is 0 Å². The van der Waals surface area contributed by atoms with Crippen LogP contribution in [0.5, 0.6) is 5.75 Å². The van der Waals surface area contributed by atoms with E-state index in [0.29, 0.717) is 5.56 Å².